The third-order valence-electron chi connectivity index (χ3n) is 3.25. The monoisotopic (exact) mass is 355 g/mol. The van der Waals surface area contributed by atoms with E-state index in [2.05, 4.69) is 16.0 Å². The van der Waals surface area contributed by atoms with Crippen molar-refractivity contribution < 1.29 is 14.3 Å². The number of carbonyl (C=O) groups excluding carboxylic acids is 2. The minimum absolute atomic E-state index is 0.170. The molecule has 2 aromatic rings. The molecule has 0 unspecified atom stereocenters. The molecule has 0 atom stereocenters. The normalized spacial score (nSPS) is 10.7. The highest BCUT2D eigenvalue weighted by Gasteiger charge is 2.15. The number of hydrogen-bond acceptors (Lipinski definition) is 4. The van der Waals surface area contributed by atoms with Gasteiger partial charge in [-0.1, -0.05) is 18.2 Å². The fourth-order valence-corrected chi connectivity index (χ4v) is 2.14. The van der Waals surface area contributed by atoms with E-state index >= 15 is 0 Å². The molecule has 0 bridgehead atoms. The van der Waals surface area contributed by atoms with Crippen LogP contribution in [-0.4, -0.2) is 24.1 Å². The minimum Gasteiger partial charge on any atom is -0.444 e. The highest BCUT2D eigenvalue weighted by Crippen LogP contribution is 2.18. The molecule has 0 spiro atoms. The minimum atomic E-state index is -0.554. The number of amides is 2. The molecule has 6 heteroatoms. The Morgan fingerprint density at radius 2 is 1.46 bits per heavy atom. The van der Waals surface area contributed by atoms with E-state index in [1.807, 2.05) is 54.6 Å². The van der Waals surface area contributed by atoms with Crippen molar-refractivity contribution in [2.24, 2.45) is 0 Å². The lowest BCUT2D eigenvalue weighted by Gasteiger charge is -2.19. The summed E-state index contributed by atoms with van der Waals surface area (Å²) >= 11 is 0. The first kappa shape index (κ1) is 19.3. The third-order valence-corrected chi connectivity index (χ3v) is 3.25. The van der Waals surface area contributed by atoms with Crippen LogP contribution in [0.2, 0.25) is 0 Å². The molecule has 26 heavy (non-hydrogen) atoms. The summed E-state index contributed by atoms with van der Waals surface area (Å²) in [6.45, 7) is 5.58. The van der Waals surface area contributed by atoms with Gasteiger partial charge in [0, 0.05) is 30.0 Å². The first-order valence-corrected chi connectivity index (χ1v) is 8.51. The lowest BCUT2D eigenvalue weighted by molar-refractivity contribution is -0.116. The Morgan fingerprint density at radius 1 is 0.885 bits per heavy atom. The summed E-state index contributed by atoms with van der Waals surface area (Å²) in [5.41, 5.74) is 2.08. The standard InChI is InChI=1S/C20H25N3O3/c1-20(2,3)26-19(25)21-14-13-18(24)23-17-11-9-16(10-12-17)22-15-7-5-4-6-8-15/h4-12,22H,13-14H2,1-3H3,(H,21,25)(H,23,24). The van der Waals surface area contributed by atoms with Crippen molar-refractivity contribution in [1.29, 1.82) is 0 Å². The molecule has 0 aliphatic heterocycles. The second-order valence-electron chi connectivity index (χ2n) is 6.80. The Kier molecular flexibility index (Phi) is 6.60. The molecule has 0 aliphatic rings. The van der Waals surface area contributed by atoms with Crippen LogP contribution in [0, 0.1) is 0 Å². The molecule has 2 rings (SSSR count). The smallest absolute Gasteiger partial charge is 0.407 e. The van der Waals surface area contributed by atoms with Gasteiger partial charge in [0.2, 0.25) is 5.91 Å². The Morgan fingerprint density at radius 3 is 2.08 bits per heavy atom. The van der Waals surface area contributed by atoms with E-state index in [4.69, 9.17) is 4.74 Å². The van der Waals surface area contributed by atoms with Crippen LogP contribution in [0.1, 0.15) is 27.2 Å². The van der Waals surface area contributed by atoms with Crippen LogP contribution < -0.4 is 16.0 Å². The molecule has 0 fully saturated rings. The summed E-state index contributed by atoms with van der Waals surface area (Å²) in [7, 11) is 0. The summed E-state index contributed by atoms with van der Waals surface area (Å²) in [5.74, 6) is -0.176. The number of rotatable bonds is 6. The first-order chi connectivity index (χ1) is 12.3. The summed E-state index contributed by atoms with van der Waals surface area (Å²) in [4.78, 5) is 23.5. The molecule has 0 aromatic heterocycles. The number of para-hydroxylation sites is 1. The van der Waals surface area contributed by atoms with Crippen molar-refractivity contribution in [3.05, 3.63) is 54.6 Å². The largest absolute Gasteiger partial charge is 0.444 e. The Labute approximate surface area is 153 Å². The van der Waals surface area contributed by atoms with Crippen molar-refractivity contribution in [3.63, 3.8) is 0 Å². The van der Waals surface area contributed by atoms with Crippen LogP contribution in [0.3, 0.4) is 0 Å². The topological polar surface area (TPSA) is 79.5 Å². The average Bonchev–Trinajstić information content (AvgIpc) is 2.56. The fourth-order valence-electron chi connectivity index (χ4n) is 2.14. The molecular formula is C20H25N3O3. The van der Waals surface area contributed by atoms with Crippen LogP contribution in [0.5, 0.6) is 0 Å². The molecule has 0 heterocycles. The maximum atomic E-state index is 11.9. The van der Waals surface area contributed by atoms with Gasteiger partial charge in [-0.2, -0.15) is 0 Å². The van der Waals surface area contributed by atoms with Gasteiger partial charge in [-0.25, -0.2) is 4.79 Å². The van der Waals surface area contributed by atoms with E-state index in [1.54, 1.807) is 20.8 Å². The van der Waals surface area contributed by atoms with Crippen molar-refractivity contribution in [3.8, 4) is 0 Å². The van der Waals surface area contributed by atoms with Crippen LogP contribution in [0.25, 0.3) is 0 Å². The third kappa shape index (κ3) is 7.25. The van der Waals surface area contributed by atoms with Gasteiger partial charge >= 0.3 is 6.09 Å². The van der Waals surface area contributed by atoms with E-state index in [-0.39, 0.29) is 18.9 Å². The van der Waals surface area contributed by atoms with E-state index in [0.717, 1.165) is 11.4 Å². The predicted octanol–water partition coefficient (Wildman–Crippen LogP) is 4.28. The zero-order valence-corrected chi connectivity index (χ0v) is 15.3. The van der Waals surface area contributed by atoms with Gasteiger partial charge in [-0.05, 0) is 57.2 Å². The van der Waals surface area contributed by atoms with Gasteiger partial charge in [0.05, 0.1) is 0 Å². The number of anilines is 3. The zero-order valence-electron chi connectivity index (χ0n) is 15.3. The van der Waals surface area contributed by atoms with Gasteiger partial charge < -0.3 is 20.7 Å². The van der Waals surface area contributed by atoms with E-state index in [9.17, 15) is 9.59 Å². The number of carbonyl (C=O) groups is 2. The highest BCUT2D eigenvalue weighted by atomic mass is 16.6. The molecule has 0 saturated carbocycles. The number of alkyl carbamates (subject to hydrolysis) is 1. The Hall–Kier alpha value is -3.02. The van der Waals surface area contributed by atoms with Crippen LogP contribution in [0.4, 0.5) is 21.9 Å². The molecule has 2 aromatic carbocycles. The van der Waals surface area contributed by atoms with Crippen molar-refractivity contribution >= 4 is 29.1 Å². The maximum absolute atomic E-state index is 11.9. The molecule has 2 amide bonds. The molecule has 0 radical (unpaired) electrons. The summed E-state index contributed by atoms with van der Waals surface area (Å²) in [6.07, 6.45) is -0.356. The average molecular weight is 355 g/mol. The van der Waals surface area contributed by atoms with Gasteiger partial charge in [0.1, 0.15) is 5.60 Å². The number of hydrogen-bond donors (Lipinski definition) is 3. The molecular weight excluding hydrogens is 330 g/mol. The summed E-state index contributed by atoms with van der Waals surface area (Å²) in [5, 5.41) is 8.63. The van der Waals surface area contributed by atoms with Gasteiger partial charge in [0.25, 0.3) is 0 Å². The van der Waals surface area contributed by atoms with E-state index in [0.29, 0.717) is 5.69 Å². The van der Waals surface area contributed by atoms with E-state index < -0.39 is 11.7 Å². The first-order valence-electron chi connectivity index (χ1n) is 8.51. The number of ether oxygens (including phenoxy) is 1. The number of benzene rings is 2. The van der Waals surface area contributed by atoms with Gasteiger partial charge in [-0.15, -0.1) is 0 Å². The SMILES string of the molecule is CC(C)(C)OC(=O)NCCC(=O)Nc1ccc(Nc2ccccc2)cc1. The van der Waals surface area contributed by atoms with Gasteiger partial charge in [-0.3, -0.25) is 4.79 Å². The lowest BCUT2D eigenvalue weighted by atomic mass is 10.2. The quantitative estimate of drug-likeness (QED) is 0.722. The van der Waals surface area contributed by atoms with E-state index in [1.165, 1.54) is 0 Å². The lowest BCUT2D eigenvalue weighted by Crippen LogP contribution is -2.34. The van der Waals surface area contributed by atoms with Crippen molar-refractivity contribution in [2.75, 3.05) is 17.2 Å². The second kappa shape index (κ2) is 8.89. The molecule has 6 nitrogen and oxygen atoms in total. The Balaban J connectivity index is 1.74. The maximum Gasteiger partial charge on any atom is 0.407 e. The fraction of sp³-hybridized carbons (Fsp3) is 0.300. The zero-order chi connectivity index (χ0) is 19.0. The molecule has 3 N–H and O–H groups in total. The van der Waals surface area contributed by atoms with Gasteiger partial charge in [0.15, 0.2) is 0 Å². The van der Waals surface area contributed by atoms with Crippen molar-refractivity contribution in [1.82, 2.24) is 5.32 Å². The second-order valence-corrected chi connectivity index (χ2v) is 6.80. The van der Waals surface area contributed by atoms with Crippen LogP contribution in [-0.2, 0) is 9.53 Å². The van der Waals surface area contributed by atoms with Crippen LogP contribution >= 0.6 is 0 Å². The van der Waals surface area contributed by atoms with Crippen LogP contribution in [0.15, 0.2) is 54.6 Å². The summed E-state index contributed by atoms with van der Waals surface area (Å²) in [6, 6.07) is 17.3. The molecule has 0 aliphatic carbocycles. The molecule has 138 valence electrons. The predicted molar refractivity (Wildman–Crippen MR) is 104 cm³/mol. The summed E-state index contributed by atoms with van der Waals surface area (Å²) < 4.78 is 5.11. The van der Waals surface area contributed by atoms with Crippen molar-refractivity contribution in [2.45, 2.75) is 32.8 Å². The Bertz CT molecular complexity index is 722. The number of nitrogens with one attached hydrogen (secondary N) is 3. The molecule has 0 saturated heterocycles. The highest BCUT2D eigenvalue weighted by molar-refractivity contribution is 5.91.